The van der Waals surface area contributed by atoms with Crippen molar-refractivity contribution in [2.45, 2.75) is 18.7 Å². The van der Waals surface area contributed by atoms with E-state index in [1.165, 1.54) is 12.1 Å². The molecule has 0 aliphatic carbocycles. The molecule has 1 aromatic carbocycles. The fourth-order valence-corrected chi connectivity index (χ4v) is 5.26. The molecule has 0 bridgehead atoms. The van der Waals surface area contributed by atoms with E-state index in [2.05, 4.69) is 20.5 Å². The van der Waals surface area contributed by atoms with Crippen molar-refractivity contribution in [3.63, 3.8) is 0 Å². The maximum Gasteiger partial charge on any atom is 0.263 e. The zero-order valence-electron chi connectivity index (χ0n) is 19.9. The van der Waals surface area contributed by atoms with Crippen LogP contribution in [-0.4, -0.2) is 71.0 Å². The molecular formula is C25H27ClFN5O5. The minimum atomic E-state index is -0.525. The number of carbonyl (C=O) groups excluding carboxylic acids is 1. The normalized spacial score (nSPS) is 22.5. The summed E-state index contributed by atoms with van der Waals surface area (Å²) >= 11 is 0. The predicted molar refractivity (Wildman–Crippen MR) is 136 cm³/mol. The van der Waals surface area contributed by atoms with E-state index < -0.39 is 11.9 Å². The number of hydrogen-bond acceptors (Lipinski definition) is 8. The Morgan fingerprint density at radius 3 is 2.84 bits per heavy atom. The number of likely N-dealkylation sites (tertiary alicyclic amines) is 1. The molecule has 3 aromatic rings. The summed E-state index contributed by atoms with van der Waals surface area (Å²) in [4.78, 5) is 30.8. The van der Waals surface area contributed by atoms with Crippen LogP contribution in [0.4, 0.5) is 10.2 Å². The number of β-amino-alcohol motifs (C(OH)–C–C–N with tert-alkyl or cyclic N) is 1. The van der Waals surface area contributed by atoms with Crippen molar-refractivity contribution in [2.75, 3.05) is 44.7 Å². The number of anilines is 1. The highest BCUT2D eigenvalue weighted by molar-refractivity contribution is 5.94. The van der Waals surface area contributed by atoms with E-state index in [-0.39, 0.29) is 54.8 Å². The van der Waals surface area contributed by atoms with Crippen LogP contribution < -0.4 is 25.7 Å². The van der Waals surface area contributed by atoms with Gasteiger partial charge < -0.3 is 25.2 Å². The summed E-state index contributed by atoms with van der Waals surface area (Å²) in [5.74, 6) is 0.363. The van der Waals surface area contributed by atoms with Gasteiger partial charge >= 0.3 is 0 Å². The first-order valence-electron chi connectivity index (χ1n) is 12.0. The highest BCUT2D eigenvalue weighted by atomic mass is 35.5. The van der Waals surface area contributed by atoms with Gasteiger partial charge in [0.05, 0.1) is 23.4 Å². The molecule has 1 amide bonds. The number of ether oxygens (including phenoxy) is 2. The third-order valence-corrected chi connectivity index (χ3v) is 6.98. The van der Waals surface area contributed by atoms with Crippen LogP contribution in [0.5, 0.6) is 11.5 Å². The molecule has 10 nitrogen and oxygen atoms in total. The number of nitrogens with one attached hydrogen (secondary N) is 2. The summed E-state index contributed by atoms with van der Waals surface area (Å²) in [7, 11) is 0. The average molecular weight is 532 g/mol. The largest absolute Gasteiger partial charge is 0.486 e. The number of fused-ring (bicyclic) bond motifs is 1. The Morgan fingerprint density at radius 1 is 1.14 bits per heavy atom. The van der Waals surface area contributed by atoms with Gasteiger partial charge in [-0.05, 0) is 30.3 Å². The lowest BCUT2D eigenvalue weighted by Crippen LogP contribution is -2.39. The Balaban J connectivity index is 0.00000280. The van der Waals surface area contributed by atoms with Gasteiger partial charge in [-0.15, -0.1) is 12.4 Å². The molecule has 3 atom stereocenters. The molecule has 0 saturated carbocycles. The fourth-order valence-electron chi connectivity index (χ4n) is 5.26. The molecule has 0 radical (unpaired) electrons. The third kappa shape index (κ3) is 4.87. The van der Waals surface area contributed by atoms with Gasteiger partial charge in [0.2, 0.25) is 0 Å². The van der Waals surface area contributed by atoms with Gasteiger partial charge in [-0.1, -0.05) is 0 Å². The monoisotopic (exact) mass is 531 g/mol. The fraction of sp³-hybridized carbons (Fsp3) is 0.400. The molecule has 1 fully saturated rings. The van der Waals surface area contributed by atoms with Crippen molar-refractivity contribution >= 4 is 35.0 Å². The van der Waals surface area contributed by atoms with Crippen LogP contribution in [0.25, 0.3) is 10.9 Å². The minimum Gasteiger partial charge on any atom is -0.486 e. The number of pyridine rings is 2. The molecule has 0 unspecified atom stereocenters. The average Bonchev–Trinajstić information content (AvgIpc) is 3.21. The Morgan fingerprint density at radius 2 is 1.97 bits per heavy atom. The molecule has 1 saturated heterocycles. The summed E-state index contributed by atoms with van der Waals surface area (Å²) < 4.78 is 27.0. The summed E-state index contributed by atoms with van der Waals surface area (Å²) in [6, 6.07) is 9.52. The van der Waals surface area contributed by atoms with E-state index in [9.17, 15) is 19.1 Å². The number of halogens is 2. The molecule has 6 rings (SSSR count). The maximum atomic E-state index is 14.3. The topological polar surface area (TPSA) is 118 Å². The van der Waals surface area contributed by atoms with E-state index in [1.807, 2.05) is 6.07 Å². The Hall–Kier alpha value is -3.25. The SMILES string of the molecule is Cl.O=C1COc2ccc(CNC[C@H]3CN(C[C@@H]4COc5c(F)ccc6ccc(=O)n4c56)C[C@H]3O)nc2N1. The number of hydrogen-bond donors (Lipinski definition) is 3. The van der Waals surface area contributed by atoms with Crippen LogP contribution in [0.1, 0.15) is 11.7 Å². The van der Waals surface area contributed by atoms with Crippen LogP contribution in [0.2, 0.25) is 0 Å². The summed E-state index contributed by atoms with van der Waals surface area (Å²) in [6.07, 6.45) is -0.525. The Labute approximate surface area is 217 Å². The van der Waals surface area contributed by atoms with E-state index in [1.54, 1.807) is 22.8 Å². The number of nitrogens with zero attached hydrogens (tertiary/aromatic N) is 3. The molecule has 5 heterocycles. The first-order chi connectivity index (χ1) is 17.5. The Kier molecular flexibility index (Phi) is 7.04. The van der Waals surface area contributed by atoms with E-state index >= 15 is 0 Å². The standard InChI is InChI=1S/C25H26FN5O5.ClH/c26-18-4-1-14-2-6-22(34)31-17(12-36-24(18)23(14)31)10-30-9-15(19(32)11-30)7-27-8-16-3-5-20-25(28-16)29-21(33)13-35-20;/h1-6,15,17,19,27,32H,7-13H2,(H,28,29,33);1H/t15-,17+,19+;/m0./s1. The van der Waals surface area contributed by atoms with Crippen molar-refractivity contribution in [2.24, 2.45) is 5.92 Å². The summed E-state index contributed by atoms with van der Waals surface area (Å²) in [5.41, 5.74) is 1.04. The van der Waals surface area contributed by atoms with Gasteiger partial charge in [-0.2, -0.15) is 0 Å². The van der Waals surface area contributed by atoms with Crippen LogP contribution in [0.3, 0.4) is 0 Å². The second-order valence-electron chi connectivity index (χ2n) is 9.48. The predicted octanol–water partition coefficient (Wildman–Crippen LogP) is 1.30. The number of benzene rings is 1. The van der Waals surface area contributed by atoms with Gasteiger partial charge in [0.25, 0.3) is 11.5 Å². The quantitative estimate of drug-likeness (QED) is 0.436. The van der Waals surface area contributed by atoms with Gasteiger partial charge in [-0.3, -0.25) is 19.1 Å². The van der Waals surface area contributed by atoms with E-state index in [0.29, 0.717) is 49.8 Å². The summed E-state index contributed by atoms with van der Waals surface area (Å²) in [5, 5.41) is 17.5. The molecule has 0 spiro atoms. The molecule has 2 aromatic heterocycles. The number of aromatic nitrogens is 2. The lowest BCUT2D eigenvalue weighted by atomic mass is 10.1. The minimum absolute atomic E-state index is 0. The Bertz CT molecular complexity index is 1400. The van der Waals surface area contributed by atoms with Gasteiger partial charge in [0.15, 0.2) is 29.7 Å². The van der Waals surface area contributed by atoms with Crippen LogP contribution in [0.15, 0.2) is 41.2 Å². The molecule has 3 aliphatic heterocycles. The van der Waals surface area contributed by atoms with Gasteiger partial charge in [-0.25, -0.2) is 9.37 Å². The van der Waals surface area contributed by atoms with E-state index in [4.69, 9.17) is 9.47 Å². The maximum absolute atomic E-state index is 14.3. The number of aliphatic hydroxyl groups is 1. The lowest BCUT2D eigenvalue weighted by Gasteiger charge is -2.31. The van der Waals surface area contributed by atoms with Crippen molar-refractivity contribution < 1.29 is 23.8 Å². The van der Waals surface area contributed by atoms with Crippen molar-refractivity contribution in [3.05, 3.63) is 58.3 Å². The highest BCUT2D eigenvalue weighted by Gasteiger charge is 2.34. The third-order valence-electron chi connectivity index (χ3n) is 6.98. The van der Waals surface area contributed by atoms with Crippen LogP contribution in [-0.2, 0) is 11.3 Å². The van der Waals surface area contributed by atoms with Crippen molar-refractivity contribution in [1.82, 2.24) is 19.8 Å². The van der Waals surface area contributed by atoms with E-state index in [0.717, 1.165) is 11.1 Å². The van der Waals surface area contributed by atoms with Crippen LogP contribution >= 0.6 is 12.4 Å². The van der Waals surface area contributed by atoms with Gasteiger partial charge in [0, 0.05) is 50.1 Å². The second-order valence-corrected chi connectivity index (χ2v) is 9.48. The first-order valence-corrected chi connectivity index (χ1v) is 12.0. The number of aliphatic hydroxyl groups excluding tert-OH is 1. The number of carbonyl (C=O) groups is 1. The van der Waals surface area contributed by atoms with Crippen molar-refractivity contribution in [3.8, 4) is 11.5 Å². The zero-order chi connectivity index (χ0) is 24.8. The molecule has 37 heavy (non-hydrogen) atoms. The highest BCUT2D eigenvalue weighted by Crippen LogP contribution is 2.34. The molecule has 12 heteroatoms. The molecule has 3 N–H and O–H groups in total. The van der Waals surface area contributed by atoms with Crippen LogP contribution in [0, 0.1) is 11.7 Å². The van der Waals surface area contributed by atoms with Crippen molar-refractivity contribution in [1.29, 1.82) is 0 Å². The summed E-state index contributed by atoms with van der Waals surface area (Å²) in [6.45, 7) is 2.85. The molecular weight excluding hydrogens is 505 g/mol. The molecule has 3 aliphatic rings. The number of rotatable bonds is 6. The molecule has 196 valence electrons. The van der Waals surface area contributed by atoms with Gasteiger partial charge in [0.1, 0.15) is 6.61 Å². The second kappa shape index (κ2) is 10.3. The lowest BCUT2D eigenvalue weighted by molar-refractivity contribution is -0.118. The number of amides is 1. The zero-order valence-corrected chi connectivity index (χ0v) is 20.7. The smallest absolute Gasteiger partial charge is 0.263 e. The first kappa shape index (κ1) is 25.4.